The number of rotatable bonds is 6. The van der Waals surface area contributed by atoms with Crippen molar-refractivity contribution in [2.24, 2.45) is 17.8 Å². The van der Waals surface area contributed by atoms with E-state index < -0.39 is 11.6 Å². The van der Waals surface area contributed by atoms with Crippen LogP contribution in [0.3, 0.4) is 0 Å². The molecule has 1 nitrogen and oxygen atoms in total. The van der Waals surface area contributed by atoms with Crippen molar-refractivity contribution in [2.45, 2.75) is 64.7 Å². The van der Waals surface area contributed by atoms with Crippen LogP contribution in [0.25, 0.3) is 0 Å². The predicted molar refractivity (Wildman–Crippen MR) is 107 cm³/mol. The highest BCUT2D eigenvalue weighted by molar-refractivity contribution is 5.33. The number of allylic oxidation sites excluding steroid dienone is 4. The van der Waals surface area contributed by atoms with E-state index in [1.165, 1.54) is 19.3 Å². The molecule has 0 spiro atoms. The van der Waals surface area contributed by atoms with Crippen LogP contribution in [0.2, 0.25) is 0 Å². The van der Waals surface area contributed by atoms with Gasteiger partial charge in [-0.1, -0.05) is 37.3 Å². The molecular weight excluding hydrogens is 342 g/mol. The normalized spacial score (nSPS) is 28.6. The summed E-state index contributed by atoms with van der Waals surface area (Å²) in [4.78, 5) is 0. The van der Waals surface area contributed by atoms with Gasteiger partial charge in [-0.25, -0.2) is 4.39 Å². The first-order valence-corrected chi connectivity index (χ1v) is 10.6. The molecule has 0 saturated heterocycles. The van der Waals surface area contributed by atoms with Gasteiger partial charge in [0.2, 0.25) is 5.82 Å². The molecule has 1 fully saturated rings. The van der Waals surface area contributed by atoms with Crippen molar-refractivity contribution in [1.29, 1.82) is 0 Å². The molecule has 0 radical (unpaired) electrons. The molecule has 0 heterocycles. The lowest BCUT2D eigenvalue weighted by molar-refractivity contribution is 0.310. The minimum atomic E-state index is -0.842. The summed E-state index contributed by atoms with van der Waals surface area (Å²) in [5.74, 6) is 0.455. The first kappa shape index (κ1) is 20.1. The molecule has 0 amide bonds. The predicted octanol–water partition coefficient (Wildman–Crippen LogP) is 7.19. The molecule has 1 aromatic rings. The number of halogens is 2. The molecule has 27 heavy (non-hydrogen) atoms. The molecule has 2 unspecified atom stereocenters. The van der Waals surface area contributed by atoms with Crippen LogP contribution in [-0.4, -0.2) is 6.61 Å². The van der Waals surface area contributed by atoms with Crippen LogP contribution in [0.4, 0.5) is 8.78 Å². The van der Waals surface area contributed by atoms with E-state index in [-0.39, 0.29) is 11.7 Å². The lowest BCUT2D eigenvalue weighted by Crippen LogP contribution is -2.14. The van der Waals surface area contributed by atoms with Gasteiger partial charge < -0.3 is 4.74 Å². The third kappa shape index (κ3) is 5.00. The van der Waals surface area contributed by atoms with E-state index >= 15 is 0 Å². The van der Waals surface area contributed by atoms with Gasteiger partial charge in [-0.2, -0.15) is 4.39 Å². The Hall–Kier alpha value is -1.64. The third-order valence-corrected chi connectivity index (χ3v) is 6.24. The van der Waals surface area contributed by atoms with Crippen molar-refractivity contribution < 1.29 is 13.5 Å². The third-order valence-electron chi connectivity index (χ3n) is 6.24. The van der Waals surface area contributed by atoms with Crippen molar-refractivity contribution in [2.75, 3.05) is 6.61 Å². The van der Waals surface area contributed by atoms with Crippen LogP contribution < -0.4 is 4.74 Å². The van der Waals surface area contributed by atoms with E-state index in [9.17, 15) is 8.78 Å². The Balaban J connectivity index is 1.55. The maximum absolute atomic E-state index is 14.4. The molecule has 0 N–H and O–H groups in total. The summed E-state index contributed by atoms with van der Waals surface area (Å²) in [6, 6.07) is 3.28. The van der Waals surface area contributed by atoms with Gasteiger partial charge in [0.05, 0.1) is 6.61 Å². The molecule has 0 aliphatic heterocycles. The average molecular weight is 375 g/mol. The highest BCUT2D eigenvalue weighted by atomic mass is 19.2. The van der Waals surface area contributed by atoms with Crippen LogP contribution in [0.5, 0.6) is 5.75 Å². The molecule has 3 heteroatoms. The first-order valence-electron chi connectivity index (χ1n) is 10.6. The molecule has 0 aromatic heterocycles. The Morgan fingerprint density at radius 3 is 2.33 bits per heavy atom. The van der Waals surface area contributed by atoms with Crippen molar-refractivity contribution in [3.8, 4) is 5.75 Å². The summed E-state index contributed by atoms with van der Waals surface area (Å²) < 4.78 is 33.7. The van der Waals surface area contributed by atoms with Gasteiger partial charge in [-0.15, -0.1) is 0 Å². The van der Waals surface area contributed by atoms with E-state index in [2.05, 4.69) is 31.2 Å². The molecule has 2 aliphatic carbocycles. The summed E-state index contributed by atoms with van der Waals surface area (Å²) in [7, 11) is 0. The van der Waals surface area contributed by atoms with E-state index in [1.54, 1.807) is 19.1 Å². The highest BCUT2D eigenvalue weighted by Crippen LogP contribution is 2.39. The molecule has 1 saturated carbocycles. The lowest BCUT2D eigenvalue weighted by atomic mass is 9.78. The van der Waals surface area contributed by atoms with Crippen LogP contribution in [0.1, 0.15) is 70.3 Å². The van der Waals surface area contributed by atoms with Gasteiger partial charge in [-0.05, 0) is 87.2 Å². The van der Waals surface area contributed by atoms with Gasteiger partial charge in [0.15, 0.2) is 11.6 Å². The zero-order valence-corrected chi connectivity index (χ0v) is 16.6. The second-order valence-electron chi connectivity index (χ2n) is 8.00. The summed E-state index contributed by atoms with van der Waals surface area (Å²) in [5.41, 5.74) is 0.513. The van der Waals surface area contributed by atoms with Gasteiger partial charge in [-0.3, -0.25) is 0 Å². The van der Waals surface area contributed by atoms with Gasteiger partial charge in [0.1, 0.15) is 0 Å². The Morgan fingerprint density at radius 1 is 0.926 bits per heavy atom. The van der Waals surface area contributed by atoms with Gasteiger partial charge in [0, 0.05) is 0 Å². The minimum Gasteiger partial charge on any atom is -0.491 e. The Kier molecular flexibility index (Phi) is 7.09. The van der Waals surface area contributed by atoms with Crippen molar-refractivity contribution in [1.82, 2.24) is 0 Å². The fourth-order valence-electron chi connectivity index (χ4n) is 4.45. The average Bonchev–Trinajstić information content (AvgIpc) is 2.71. The van der Waals surface area contributed by atoms with E-state index in [0.717, 1.165) is 31.6 Å². The largest absolute Gasteiger partial charge is 0.491 e. The van der Waals surface area contributed by atoms with Crippen LogP contribution in [0, 0.1) is 29.4 Å². The van der Waals surface area contributed by atoms with Crippen LogP contribution in [0.15, 0.2) is 36.4 Å². The molecule has 2 aliphatic rings. The molecule has 148 valence electrons. The number of hydrogen-bond donors (Lipinski definition) is 0. The van der Waals surface area contributed by atoms with Crippen molar-refractivity contribution in [3.05, 3.63) is 53.6 Å². The SMILES string of the molecule is CCOc1ccc(C2CCC(/C=C/C3C=CC(CC)CC3)CC2)c(F)c1F. The van der Waals surface area contributed by atoms with Gasteiger partial charge in [0.25, 0.3) is 0 Å². The second-order valence-corrected chi connectivity index (χ2v) is 8.00. The molecule has 3 rings (SSSR count). The fourth-order valence-corrected chi connectivity index (χ4v) is 4.45. The van der Waals surface area contributed by atoms with E-state index in [0.29, 0.717) is 24.0 Å². The van der Waals surface area contributed by atoms with Crippen molar-refractivity contribution in [3.63, 3.8) is 0 Å². The fraction of sp³-hybridized carbons (Fsp3) is 0.583. The summed E-state index contributed by atoms with van der Waals surface area (Å²) in [6.07, 6.45) is 17.2. The zero-order chi connectivity index (χ0) is 19.2. The highest BCUT2D eigenvalue weighted by Gasteiger charge is 2.26. The quantitative estimate of drug-likeness (QED) is 0.479. The smallest absolute Gasteiger partial charge is 0.200 e. The standard InChI is InChI=1S/C24H32F2O/c1-3-17-5-7-18(8-6-17)9-10-19-11-13-20(14-12-19)21-15-16-22(27-4-2)24(26)23(21)25/h5,7,9-10,15-20H,3-4,6,8,11-14H2,1-2H3/b10-9+. The van der Waals surface area contributed by atoms with Crippen LogP contribution in [-0.2, 0) is 0 Å². The topological polar surface area (TPSA) is 9.23 Å². The first-order chi connectivity index (χ1) is 13.1. The maximum Gasteiger partial charge on any atom is 0.200 e. The summed E-state index contributed by atoms with van der Waals surface area (Å²) in [6.45, 7) is 4.36. The molecular formula is C24H32F2O. The maximum atomic E-state index is 14.4. The Bertz CT molecular complexity index is 671. The summed E-state index contributed by atoms with van der Waals surface area (Å²) >= 11 is 0. The monoisotopic (exact) mass is 374 g/mol. The number of benzene rings is 1. The van der Waals surface area contributed by atoms with Gasteiger partial charge >= 0.3 is 0 Å². The molecule has 0 bridgehead atoms. The minimum absolute atomic E-state index is 0.0150. The number of hydrogen-bond acceptors (Lipinski definition) is 1. The van der Waals surface area contributed by atoms with E-state index in [1.807, 2.05) is 0 Å². The molecule has 1 aromatic carbocycles. The van der Waals surface area contributed by atoms with Crippen LogP contribution >= 0.6 is 0 Å². The summed E-state index contributed by atoms with van der Waals surface area (Å²) in [5, 5.41) is 0. The van der Waals surface area contributed by atoms with E-state index in [4.69, 9.17) is 4.74 Å². The lowest BCUT2D eigenvalue weighted by Gasteiger charge is -2.28. The zero-order valence-electron chi connectivity index (χ0n) is 16.6. The second kappa shape index (κ2) is 9.52. The van der Waals surface area contributed by atoms with Crippen molar-refractivity contribution >= 4 is 0 Å². The Morgan fingerprint density at radius 2 is 1.70 bits per heavy atom. The Labute approximate surface area is 162 Å². The molecule has 2 atom stereocenters. The number of ether oxygens (including phenoxy) is 1.